The Balaban J connectivity index is 2.42. The van der Waals surface area contributed by atoms with Gasteiger partial charge in [0.25, 0.3) is 0 Å². The lowest BCUT2D eigenvalue weighted by Crippen LogP contribution is -2.45. The van der Waals surface area contributed by atoms with E-state index in [0.29, 0.717) is 19.4 Å². The fourth-order valence-electron chi connectivity index (χ4n) is 1.68. The number of unbranched alkanes of at least 4 members (excludes halogenated alkanes) is 1. The number of hydrogen-bond acceptors (Lipinski definition) is 8. The summed E-state index contributed by atoms with van der Waals surface area (Å²) in [6, 6.07) is -2.46. The number of amides is 2. The highest BCUT2D eigenvalue weighted by Crippen LogP contribution is 2.07. The Kier molecular flexibility index (Phi) is 7.94. The van der Waals surface area contributed by atoms with Crippen molar-refractivity contribution < 1.29 is 24.2 Å². The van der Waals surface area contributed by atoms with Crippen LogP contribution in [-0.4, -0.2) is 51.6 Å². The molecule has 0 fully saturated rings. The molecule has 1 rings (SSSR count). The second-order valence-electron chi connectivity index (χ2n) is 4.83. The molecule has 11 heteroatoms. The predicted molar refractivity (Wildman–Crippen MR) is 78.0 cm³/mol. The van der Waals surface area contributed by atoms with E-state index in [0.717, 1.165) is 0 Å². The highest BCUT2D eigenvalue weighted by molar-refractivity contribution is 5.82. The largest absolute Gasteiger partial charge is 0.480 e. The minimum absolute atomic E-state index is 0.0508. The molecule has 0 bridgehead atoms. The number of carboxylic acids is 1. The summed E-state index contributed by atoms with van der Waals surface area (Å²) < 4.78 is 5.14. The molecule has 8 N–H and O–H groups in total. The van der Waals surface area contributed by atoms with Crippen LogP contribution in [0.15, 0.2) is 4.42 Å². The summed E-state index contributed by atoms with van der Waals surface area (Å²) in [6.07, 6.45) is 1.57. The van der Waals surface area contributed by atoms with E-state index in [1.165, 1.54) is 0 Å². The smallest absolute Gasteiger partial charge is 0.326 e. The molecule has 0 aliphatic carbocycles. The molecule has 2 atom stereocenters. The molecule has 0 saturated heterocycles. The monoisotopic (exact) mass is 330 g/mol. The van der Waals surface area contributed by atoms with Gasteiger partial charge in [-0.2, -0.15) is 0 Å². The molecule has 2 amide bonds. The van der Waals surface area contributed by atoms with Gasteiger partial charge in [0, 0.05) is 0 Å². The Morgan fingerprint density at radius 2 is 2.04 bits per heavy atom. The molecule has 0 aliphatic rings. The van der Waals surface area contributed by atoms with Crippen LogP contribution in [0.4, 0.5) is 4.79 Å². The number of rotatable bonds is 10. The average Bonchev–Trinajstić information content (AvgIpc) is 3.00. The Labute approximate surface area is 132 Å². The number of urea groups is 1. The third-order valence-corrected chi connectivity index (χ3v) is 2.95. The third-order valence-electron chi connectivity index (χ3n) is 2.95. The van der Waals surface area contributed by atoms with Gasteiger partial charge in [-0.05, 0) is 25.8 Å². The summed E-state index contributed by atoms with van der Waals surface area (Å²) in [6.45, 7) is 0.0266. The number of aliphatic carboxylic acids is 1. The molecule has 0 aliphatic heterocycles. The summed E-state index contributed by atoms with van der Waals surface area (Å²) in [5, 5.41) is 29.9. The van der Waals surface area contributed by atoms with E-state index in [1.807, 2.05) is 0 Å². The fourth-order valence-corrected chi connectivity index (χ4v) is 1.68. The van der Waals surface area contributed by atoms with Crippen molar-refractivity contribution in [3.05, 3.63) is 11.8 Å². The lowest BCUT2D eigenvalue weighted by Gasteiger charge is -2.14. The Morgan fingerprint density at radius 1 is 1.30 bits per heavy atom. The first kappa shape index (κ1) is 18.8. The number of nitrogens with one attached hydrogen (secondary N) is 2. The van der Waals surface area contributed by atoms with Crippen molar-refractivity contribution in [3.8, 4) is 0 Å². The van der Waals surface area contributed by atoms with E-state index in [4.69, 9.17) is 26.1 Å². The second-order valence-corrected chi connectivity index (χ2v) is 4.83. The van der Waals surface area contributed by atoms with Crippen molar-refractivity contribution in [2.75, 3.05) is 13.2 Å². The average molecular weight is 330 g/mol. The van der Waals surface area contributed by atoms with Gasteiger partial charge in [-0.25, -0.2) is 9.59 Å². The van der Waals surface area contributed by atoms with Crippen molar-refractivity contribution in [1.82, 2.24) is 20.8 Å². The van der Waals surface area contributed by atoms with Gasteiger partial charge in [-0.3, -0.25) is 0 Å². The highest BCUT2D eigenvalue weighted by Gasteiger charge is 2.20. The van der Waals surface area contributed by atoms with E-state index in [9.17, 15) is 9.59 Å². The van der Waals surface area contributed by atoms with E-state index < -0.39 is 24.1 Å². The fraction of sp³-hybridized carbons (Fsp3) is 0.667. The zero-order valence-corrected chi connectivity index (χ0v) is 12.6. The standard InChI is InChI=1S/C12H22N6O5/c13-4-2-1-3-8(11(20)21)16-12(22)15-5-9-17-18-10(23-9)7(14)6-19/h7-8,19H,1-6,13-14H2,(H,20,21)(H2,15,16,22). The summed E-state index contributed by atoms with van der Waals surface area (Å²) in [5.74, 6) is -0.977. The van der Waals surface area contributed by atoms with Crippen LogP contribution in [0.1, 0.15) is 37.1 Å². The first-order chi connectivity index (χ1) is 11.0. The van der Waals surface area contributed by atoms with Crippen LogP contribution in [0, 0.1) is 0 Å². The normalized spacial score (nSPS) is 13.3. The first-order valence-electron chi connectivity index (χ1n) is 7.13. The molecule has 11 nitrogen and oxygen atoms in total. The van der Waals surface area contributed by atoms with Crippen molar-refractivity contribution >= 4 is 12.0 Å². The summed E-state index contributed by atoms with van der Waals surface area (Å²) in [4.78, 5) is 22.8. The number of carboxylic acid groups (broad SMARTS) is 1. The molecular weight excluding hydrogens is 308 g/mol. The lowest BCUT2D eigenvalue weighted by atomic mass is 10.1. The van der Waals surface area contributed by atoms with Gasteiger partial charge in [-0.15, -0.1) is 10.2 Å². The minimum Gasteiger partial charge on any atom is -0.480 e. The zero-order chi connectivity index (χ0) is 17.2. The second kappa shape index (κ2) is 9.71. The van der Waals surface area contributed by atoms with Crippen LogP contribution >= 0.6 is 0 Å². The van der Waals surface area contributed by atoms with Crippen LogP contribution in [0.3, 0.4) is 0 Å². The van der Waals surface area contributed by atoms with Gasteiger partial charge < -0.3 is 36.7 Å². The number of nitrogens with zero attached hydrogens (tertiary/aromatic N) is 2. The molecule has 2 unspecified atom stereocenters. The number of carbonyl (C=O) groups is 2. The highest BCUT2D eigenvalue weighted by atomic mass is 16.4. The quantitative estimate of drug-likeness (QED) is 0.275. The van der Waals surface area contributed by atoms with E-state index in [-0.39, 0.29) is 31.4 Å². The van der Waals surface area contributed by atoms with Crippen LogP contribution in [0.25, 0.3) is 0 Å². The minimum atomic E-state index is -1.12. The number of carbonyl (C=O) groups excluding carboxylic acids is 1. The maximum atomic E-state index is 11.7. The molecule has 1 heterocycles. The molecule has 1 aromatic rings. The van der Waals surface area contributed by atoms with Crippen LogP contribution in [-0.2, 0) is 11.3 Å². The number of aliphatic hydroxyl groups excluding tert-OH is 1. The van der Waals surface area contributed by atoms with Gasteiger partial charge in [0.1, 0.15) is 12.1 Å². The third kappa shape index (κ3) is 6.59. The van der Waals surface area contributed by atoms with Crippen molar-refractivity contribution in [1.29, 1.82) is 0 Å². The van der Waals surface area contributed by atoms with Crippen molar-refractivity contribution in [2.24, 2.45) is 11.5 Å². The van der Waals surface area contributed by atoms with Crippen LogP contribution in [0.2, 0.25) is 0 Å². The lowest BCUT2D eigenvalue weighted by molar-refractivity contribution is -0.139. The Morgan fingerprint density at radius 3 is 2.65 bits per heavy atom. The first-order valence-corrected chi connectivity index (χ1v) is 7.13. The maximum absolute atomic E-state index is 11.7. The molecule has 0 spiro atoms. The Bertz CT molecular complexity index is 508. The zero-order valence-electron chi connectivity index (χ0n) is 12.6. The SMILES string of the molecule is NCCCCC(NC(=O)NCc1nnc(C(N)CO)o1)C(=O)O. The van der Waals surface area contributed by atoms with E-state index in [2.05, 4.69) is 20.8 Å². The molecule has 0 aromatic carbocycles. The molecule has 0 radical (unpaired) electrons. The van der Waals surface area contributed by atoms with Gasteiger partial charge in [0.05, 0.1) is 13.2 Å². The molecule has 23 heavy (non-hydrogen) atoms. The molecule has 1 aromatic heterocycles. The summed E-state index contributed by atoms with van der Waals surface area (Å²) in [7, 11) is 0. The summed E-state index contributed by atoms with van der Waals surface area (Å²) >= 11 is 0. The maximum Gasteiger partial charge on any atom is 0.326 e. The number of aromatic nitrogens is 2. The van der Waals surface area contributed by atoms with Gasteiger partial charge >= 0.3 is 12.0 Å². The van der Waals surface area contributed by atoms with Crippen LogP contribution < -0.4 is 22.1 Å². The van der Waals surface area contributed by atoms with Gasteiger partial charge in [0.2, 0.25) is 11.8 Å². The van der Waals surface area contributed by atoms with E-state index in [1.54, 1.807) is 0 Å². The molecule has 0 saturated carbocycles. The Hall–Kier alpha value is -2.24. The number of hydrogen-bond donors (Lipinski definition) is 6. The van der Waals surface area contributed by atoms with Crippen LogP contribution in [0.5, 0.6) is 0 Å². The molecule has 130 valence electrons. The van der Waals surface area contributed by atoms with Crippen molar-refractivity contribution in [3.63, 3.8) is 0 Å². The van der Waals surface area contributed by atoms with Gasteiger partial charge in [0.15, 0.2) is 0 Å². The predicted octanol–water partition coefficient (Wildman–Crippen LogP) is -1.56. The number of nitrogens with two attached hydrogens (primary N) is 2. The topological polar surface area (TPSA) is 190 Å². The van der Waals surface area contributed by atoms with Crippen molar-refractivity contribution in [2.45, 2.75) is 37.9 Å². The summed E-state index contributed by atoms with van der Waals surface area (Å²) in [5.41, 5.74) is 10.8. The van der Waals surface area contributed by atoms with Gasteiger partial charge in [-0.1, -0.05) is 0 Å². The van der Waals surface area contributed by atoms with E-state index >= 15 is 0 Å². The number of aliphatic hydroxyl groups is 1. The molecular formula is C12H22N6O5.